The van der Waals surface area contributed by atoms with E-state index in [1.165, 1.54) is 0 Å². The second kappa shape index (κ2) is 7.20. The Hall–Kier alpha value is -2.84. The number of carbonyl (C=O) groups is 1. The van der Waals surface area contributed by atoms with Gasteiger partial charge in [0.1, 0.15) is 5.82 Å². The summed E-state index contributed by atoms with van der Waals surface area (Å²) in [6.45, 7) is 4.21. The zero-order valence-electron chi connectivity index (χ0n) is 16.4. The third-order valence-electron chi connectivity index (χ3n) is 5.60. The lowest BCUT2D eigenvalue weighted by atomic mass is 9.68. The molecule has 4 nitrogen and oxygen atoms in total. The summed E-state index contributed by atoms with van der Waals surface area (Å²) in [5.41, 5.74) is 10.2. The molecule has 0 spiro atoms. The van der Waals surface area contributed by atoms with Crippen molar-refractivity contribution >= 4 is 27.4 Å². The van der Waals surface area contributed by atoms with Crippen molar-refractivity contribution in [2.45, 2.75) is 32.6 Å². The first-order valence-corrected chi connectivity index (χ1v) is 10.4. The predicted molar refractivity (Wildman–Crippen MR) is 118 cm³/mol. The molecule has 0 amide bonds. The Bertz CT molecular complexity index is 1080. The third-order valence-corrected chi connectivity index (χ3v) is 6.13. The van der Waals surface area contributed by atoms with Crippen LogP contribution in [0.1, 0.15) is 38.2 Å². The minimum Gasteiger partial charge on any atom is -0.384 e. The molecule has 1 aliphatic heterocycles. The summed E-state index contributed by atoms with van der Waals surface area (Å²) in [5.74, 6) is 0.0490. The molecule has 0 saturated carbocycles. The molecule has 2 aliphatic rings. The highest BCUT2D eigenvalue weighted by Gasteiger charge is 2.44. The predicted octanol–water partition coefficient (Wildman–Crippen LogP) is 5.39. The van der Waals surface area contributed by atoms with E-state index in [1.807, 2.05) is 59.5 Å². The van der Waals surface area contributed by atoms with Crippen LogP contribution >= 0.6 is 15.9 Å². The number of Topliss-reactive ketones (excluding diaryl/α,β-unsaturated/α-hetero) is 1. The van der Waals surface area contributed by atoms with Crippen molar-refractivity contribution in [2.75, 3.05) is 4.90 Å². The lowest BCUT2D eigenvalue weighted by Crippen LogP contribution is -2.42. The number of anilines is 1. The highest BCUT2D eigenvalue weighted by Crippen LogP contribution is 2.50. The molecule has 1 aliphatic carbocycles. The zero-order chi connectivity index (χ0) is 20.8. The first-order valence-electron chi connectivity index (χ1n) is 9.59. The SMILES string of the molecule is CC1(C)CC(=O)C2=C(C1)N(c1ccccc1)C(N)=C(C#N)[C@H]2c1ccc(Br)cc1. The van der Waals surface area contributed by atoms with E-state index in [0.29, 0.717) is 23.4 Å². The van der Waals surface area contributed by atoms with Crippen LogP contribution in [0, 0.1) is 16.7 Å². The van der Waals surface area contributed by atoms with Crippen LogP contribution in [0.4, 0.5) is 5.69 Å². The van der Waals surface area contributed by atoms with Crippen molar-refractivity contribution in [3.05, 3.63) is 87.3 Å². The van der Waals surface area contributed by atoms with Crippen LogP contribution in [-0.2, 0) is 4.79 Å². The number of hydrogen-bond acceptors (Lipinski definition) is 4. The Morgan fingerprint density at radius 3 is 2.38 bits per heavy atom. The molecular formula is C24H22BrN3O. The van der Waals surface area contributed by atoms with E-state index < -0.39 is 5.92 Å². The Balaban J connectivity index is 1.99. The van der Waals surface area contributed by atoms with Crippen LogP contribution in [-0.4, -0.2) is 5.78 Å². The molecule has 0 radical (unpaired) electrons. The van der Waals surface area contributed by atoms with Gasteiger partial charge < -0.3 is 5.73 Å². The monoisotopic (exact) mass is 447 g/mol. The molecule has 4 rings (SSSR count). The molecular weight excluding hydrogens is 426 g/mol. The van der Waals surface area contributed by atoms with Gasteiger partial charge in [0.15, 0.2) is 5.78 Å². The van der Waals surface area contributed by atoms with Gasteiger partial charge >= 0.3 is 0 Å². The fraction of sp³-hybridized carbons (Fsp3) is 0.250. The molecule has 0 bridgehead atoms. The molecule has 2 N–H and O–H groups in total. The normalized spacial score (nSPS) is 21.1. The topological polar surface area (TPSA) is 70.1 Å². The van der Waals surface area contributed by atoms with Gasteiger partial charge in [-0.15, -0.1) is 0 Å². The average molecular weight is 448 g/mol. The van der Waals surface area contributed by atoms with Gasteiger partial charge in [-0.3, -0.25) is 9.69 Å². The molecule has 1 atom stereocenters. The van der Waals surface area contributed by atoms with Crippen molar-refractivity contribution in [3.63, 3.8) is 0 Å². The number of para-hydroxylation sites is 1. The number of nitriles is 1. The Morgan fingerprint density at radius 2 is 1.76 bits per heavy atom. The van der Waals surface area contributed by atoms with E-state index in [9.17, 15) is 10.1 Å². The van der Waals surface area contributed by atoms with Gasteiger partial charge in [-0.05, 0) is 41.7 Å². The quantitative estimate of drug-likeness (QED) is 0.669. The van der Waals surface area contributed by atoms with E-state index >= 15 is 0 Å². The molecule has 1 heterocycles. The van der Waals surface area contributed by atoms with Crippen molar-refractivity contribution in [1.82, 2.24) is 0 Å². The maximum atomic E-state index is 13.4. The highest BCUT2D eigenvalue weighted by molar-refractivity contribution is 9.10. The molecule has 0 fully saturated rings. The summed E-state index contributed by atoms with van der Waals surface area (Å²) >= 11 is 3.46. The molecule has 5 heteroatoms. The minimum atomic E-state index is -0.438. The van der Waals surface area contributed by atoms with Crippen LogP contribution in [0.3, 0.4) is 0 Å². The molecule has 0 saturated heterocycles. The van der Waals surface area contributed by atoms with Gasteiger partial charge in [0.2, 0.25) is 0 Å². The van der Waals surface area contributed by atoms with Gasteiger partial charge in [-0.1, -0.05) is 60.1 Å². The number of hydrogen-bond donors (Lipinski definition) is 1. The highest BCUT2D eigenvalue weighted by atomic mass is 79.9. The van der Waals surface area contributed by atoms with Gasteiger partial charge in [0.05, 0.1) is 17.6 Å². The van der Waals surface area contributed by atoms with E-state index in [-0.39, 0.29) is 11.2 Å². The molecule has 29 heavy (non-hydrogen) atoms. The van der Waals surface area contributed by atoms with Crippen LogP contribution < -0.4 is 10.6 Å². The fourth-order valence-electron chi connectivity index (χ4n) is 4.37. The van der Waals surface area contributed by atoms with Gasteiger partial charge in [-0.25, -0.2) is 0 Å². The Kier molecular flexibility index (Phi) is 4.84. The van der Waals surface area contributed by atoms with Crippen molar-refractivity contribution in [3.8, 4) is 6.07 Å². The minimum absolute atomic E-state index is 0.0883. The zero-order valence-corrected chi connectivity index (χ0v) is 18.0. The van der Waals surface area contributed by atoms with Crippen molar-refractivity contribution < 1.29 is 4.79 Å². The third kappa shape index (κ3) is 3.38. The lowest BCUT2D eigenvalue weighted by molar-refractivity contribution is -0.118. The lowest BCUT2D eigenvalue weighted by Gasteiger charge is -2.43. The second-order valence-electron chi connectivity index (χ2n) is 8.37. The van der Waals surface area contributed by atoms with Crippen molar-refractivity contribution in [1.29, 1.82) is 5.26 Å². The summed E-state index contributed by atoms with van der Waals surface area (Å²) in [5, 5.41) is 10.0. The molecule has 146 valence electrons. The first kappa shape index (κ1) is 19.5. The summed E-state index contributed by atoms with van der Waals surface area (Å²) in [6, 6.07) is 19.8. The van der Waals surface area contributed by atoms with E-state index in [2.05, 4.69) is 35.8 Å². The smallest absolute Gasteiger partial charge is 0.162 e. The van der Waals surface area contributed by atoms with Gasteiger partial charge in [0.25, 0.3) is 0 Å². The summed E-state index contributed by atoms with van der Waals surface area (Å²) in [7, 11) is 0. The number of halogens is 1. The molecule has 2 aromatic rings. The van der Waals surface area contributed by atoms with Gasteiger partial charge in [-0.2, -0.15) is 5.26 Å². The van der Waals surface area contributed by atoms with Crippen LogP contribution in [0.25, 0.3) is 0 Å². The number of ketones is 1. The van der Waals surface area contributed by atoms with Gasteiger partial charge in [0, 0.05) is 27.9 Å². The Labute approximate surface area is 179 Å². The van der Waals surface area contributed by atoms with E-state index in [4.69, 9.17) is 5.73 Å². The maximum Gasteiger partial charge on any atom is 0.162 e. The number of nitrogens with two attached hydrogens (primary N) is 1. The number of rotatable bonds is 2. The summed E-state index contributed by atoms with van der Waals surface area (Å²) < 4.78 is 0.948. The summed E-state index contributed by atoms with van der Waals surface area (Å²) in [6.07, 6.45) is 1.18. The maximum absolute atomic E-state index is 13.4. The van der Waals surface area contributed by atoms with Crippen LogP contribution in [0.2, 0.25) is 0 Å². The first-order chi connectivity index (χ1) is 13.8. The Morgan fingerprint density at radius 1 is 1.10 bits per heavy atom. The average Bonchev–Trinajstić information content (AvgIpc) is 2.67. The van der Waals surface area contributed by atoms with E-state index in [1.54, 1.807) is 0 Å². The largest absolute Gasteiger partial charge is 0.384 e. The van der Waals surface area contributed by atoms with Crippen LogP contribution in [0.5, 0.6) is 0 Å². The standard InChI is InChI=1S/C24H22BrN3O/c1-24(2)12-19-22(20(29)13-24)21(15-8-10-16(25)11-9-15)18(14-26)23(27)28(19)17-6-4-3-5-7-17/h3-11,21H,12-13,27H2,1-2H3/t21-/m1/s1. The van der Waals surface area contributed by atoms with E-state index in [0.717, 1.165) is 27.8 Å². The number of nitrogens with zero attached hydrogens (tertiary/aromatic N) is 2. The molecule has 0 aromatic heterocycles. The fourth-order valence-corrected chi connectivity index (χ4v) is 4.63. The van der Waals surface area contributed by atoms with Crippen LogP contribution in [0.15, 0.2) is 81.7 Å². The second-order valence-corrected chi connectivity index (χ2v) is 9.28. The number of carbonyl (C=O) groups excluding carboxylic acids is 1. The number of allylic oxidation sites excluding steroid dienone is 3. The molecule has 0 unspecified atom stereocenters. The van der Waals surface area contributed by atoms with Crippen molar-refractivity contribution in [2.24, 2.45) is 11.1 Å². The molecule has 2 aromatic carbocycles. The number of benzene rings is 2. The summed E-state index contributed by atoms with van der Waals surface area (Å²) in [4.78, 5) is 15.3.